The van der Waals surface area contributed by atoms with Crippen molar-refractivity contribution in [2.45, 2.75) is 148 Å². The van der Waals surface area contributed by atoms with Gasteiger partial charge in [-0.25, -0.2) is 9.59 Å². The zero-order valence-electron chi connectivity index (χ0n) is 35.9. The summed E-state index contributed by atoms with van der Waals surface area (Å²) in [4.78, 5) is 79.0. The molecule has 1 aliphatic heterocycles. The third-order valence-corrected chi connectivity index (χ3v) is 9.97. The van der Waals surface area contributed by atoms with Gasteiger partial charge < -0.3 is 40.8 Å². The number of ether oxygens (including phenoxy) is 3. The van der Waals surface area contributed by atoms with Gasteiger partial charge in [0.25, 0.3) is 5.91 Å². The van der Waals surface area contributed by atoms with E-state index < -0.39 is 65.5 Å². The number of carbonyl (C=O) groups excluding carboxylic acids is 6. The van der Waals surface area contributed by atoms with E-state index in [4.69, 9.17) is 14.2 Å². The molecule has 0 spiro atoms. The molecule has 326 valence electrons. The topological polar surface area (TPSA) is 190 Å². The quantitative estimate of drug-likeness (QED) is 0.114. The molecule has 14 heteroatoms. The molecule has 0 radical (unpaired) electrons. The van der Waals surface area contributed by atoms with Gasteiger partial charge in [-0.1, -0.05) is 81.8 Å². The van der Waals surface area contributed by atoms with Crippen LogP contribution in [0.15, 0.2) is 48.5 Å². The summed E-state index contributed by atoms with van der Waals surface area (Å²) < 4.78 is 16.1. The summed E-state index contributed by atoms with van der Waals surface area (Å²) >= 11 is 0. The lowest BCUT2D eigenvalue weighted by Crippen LogP contribution is -2.58. The molecule has 1 aliphatic rings. The molecule has 3 rings (SSSR count). The minimum Gasteiger partial charge on any atom is -0.467 e. The van der Waals surface area contributed by atoms with Crippen LogP contribution in [-0.4, -0.2) is 92.3 Å². The Morgan fingerprint density at radius 3 is 2.14 bits per heavy atom. The zero-order chi connectivity index (χ0) is 43.2. The van der Waals surface area contributed by atoms with Crippen LogP contribution in [0.5, 0.6) is 0 Å². The Balaban J connectivity index is 1.76. The Bertz CT molecular complexity index is 1640. The maximum absolute atomic E-state index is 14.0. The summed E-state index contributed by atoms with van der Waals surface area (Å²) in [7, 11) is 1.26. The van der Waals surface area contributed by atoms with Crippen molar-refractivity contribution in [3.05, 3.63) is 59.7 Å². The molecular weight excluding hydrogens is 755 g/mol. The predicted molar refractivity (Wildman–Crippen MR) is 226 cm³/mol. The Labute approximate surface area is 350 Å². The van der Waals surface area contributed by atoms with Crippen molar-refractivity contribution in [1.82, 2.24) is 26.6 Å². The number of benzene rings is 2. The van der Waals surface area contributed by atoms with E-state index in [9.17, 15) is 28.8 Å². The fourth-order valence-corrected chi connectivity index (χ4v) is 6.53. The molecule has 59 heavy (non-hydrogen) atoms. The van der Waals surface area contributed by atoms with Crippen LogP contribution in [0.3, 0.4) is 0 Å². The van der Waals surface area contributed by atoms with E-state index in [1.54, 1.807) is 32.9 Å². The molecule has 5 amide bonds. The third-order valence-electron chi connectivity index (χ3n) is 9.97. The molecule has 1 fully saturated rings. The maximum Gasteiger partial charge on any atom is 0.407 e. The van der Waals surface area contributed by atoms with Gasteiger partial charge in [-0.3, -0.25) is 19.2 Å². The molecule has 0 bridgehead atoms. The molecule has 4 atom stereocenters. The molecular formula is C45H67N5O9. The summed E-state index contributed by atoms with van der Waals surface area (Å²) in [5.41, 5.74) is 2.94. The Morgan fingerprint density at radius 1 is 0.847 bits per heavy atom. The van der Waals surface area contributed by atoms with E-state index >= 15 is 0 Å². The average molecular weight is 822 g/mol. The summed E-state index contributed by atoms with van der Waals surface area (Å²) in [5.74, 6) is -2.90. The number of hydrogen-bond donors (Lipinski definition) is 5. The Morgan fingerprint density at radius 2 is 1.49 bits per heavy atom. The van der Waals surface area contributed by atoms with Gasteiger partial charge in [-0.2, -0.15) is 0 Å². The molecule has 1 saturated heterocycles. The van der Waals surface area contributed by atoms with Gasteiger partial charge in [0, 0.05) is 18.7 Å². The van der Waals surface area contributed by atoms with Crippen molar-refractivity contribution in [3.8, 4) is 11.1 Å². The highest BCUT2D eigenvalue weighted by Gasteiger charge is 2.30. The number of nitrogens with one attached hydrogen (secondary N) is 5. The van der Waals surface area contributed by atoms with E-state index in [2.05, 4.69) is 57.8 Å². The van der Waals surface area contributed by atoms with Crippen LogP contribution in [0.25, 0.3) is 11.1 Å². The van der Waals surface area contributed by atoms with Gasteiger partial charge in [0.1, 0.15) is 29.8 Å². The first kappa shape index (κ1) is 48.4. The largest absolute Gasteiger partial charge is 0.467 e. The Kier molecular flexibility index (Phi) is 20.9. The second kappa shape index (κ2) is 25.5. The lowest BCUT2D eigenvalue weighted by Gasteiger charge is -2.25. The van der Waals surface area contributed by atoms with Crippen LogP contribution in [0.1, 0.15) is 128 Å². The summed E-state index contributed by atoms with van der Waals surface area (Å²) in [6, 6.07) is 11.3. The minimum atomic E-state index is -1.20. The molecule has 2 aromatic rings. The molecule has 2 aromatic carbocycles. The number of methoxy groups -OCH3 is 1. The van der Waals surface area contributed by atoms with Crippen molar-refractivity contribution < 1.29 is 43.0 Å². The monoisotopic (exact) mass is 821 g/mol. The smallest absolute Gasteiger partial charge is 0.407 e. The first-order chi connectivity index (χ1) is 28.2. The predicted octanol–water partition coefficient (Wildman–Crippen LogP) is 5.90. The normalized spacial score (nSPS) is 19.2. The molecule has 0 saturated carbocycles. The minimum absolute atomic E-state index is 0.168. The average Bonchev–Trinajstić information content (AvgIpc) is 3.20. The van der Waals surface area contributed by atoms with Crippen LogP contribution >= 0.6 is 0 Å². The van der Waals surface area contributed by atoms with Crippen LogP contribution < -0.4 is 26.6 Å². The first-order valence-electron chi connectivity index (χ1n) is 21.2. The van der Waals surface area contributed by atoms with E-state index in [1.807, 2.05) is 12.1 Å². The molecule has 0 unspecified atom stereocenters. The van der Waals surface area contributed by atoms with Crippen LogP contribution in [0.4, 0.5) is 4.79 Å². The number of amides is 5. The van der Waals surface area contributed by atoms with Crippen LogP contribution in [0.2, 0.25) is 0 Å². The SMILES string of the molecule is CCCCc1ccc(-c2ccc(C(=O)N[C@@H](CCCCNC(=O)OC(C)(C)C)C(=O)N[C@H]3COCCCCCCCC[C@@H](C(=O)OC)NC(=O)[C@H](C)NC3=O)cc2)cc1. The van der Waals surface area contributed by atoms with Gasteiger partial charge in [0.15, 0.2) is 0 Å². The maximum atomic E-state index is 14.0. The third kappa shape index (κ3) is 18.2. The van der Waals surface area contributed by atoms with Crippen LogP contribution in [0, 0.1) is 0 Å². The summed E-state index contributed by atoms with van der Waals surface area (Å²) in [6.07, 6.45) is 9.44. The number of carbonyl (C=O) groups is 6. The van der Waals surface area contributed by atoms with E-state index in [0.717, 1.165) is 68.9 Å². The van der Waals surface area contributed by atoms with Gasteiger partial charge in [0.2, 0.25) is 17.7 Å². The van der Waals surface area contributed by atoms with E-state index in [0.29, 0.717) is 31.4 Å². The van der Waals surface area contributed by atoms with Gasteiger partial charge in [-0.15, -0.1) is 0 Å². The zero-order valence-corrected chi connectivity index (χ0v) is 35.9. The van der Waals surface area contributed by atoms with Crippen molar-refractivity contribution in [2.75, 3.05) is 26.9 Å². The Hall–Kier alpha value is -4.98. The molecule has 14 nitrogen and oxygen atoms in total. The van der Waals surface area contributed by atoms with Gasteiger partial charge in [-0.05, 0) is 101 Å². The van der Waals surface area contributed by atoms with Gasteiger partial charge in [0.05, 0.1) is 13.7 Å². The molecule has 0 aromatic heterocycles. The van der Waals surface area contributed by atoms with Crippen molar-refractivity contribution in [1.29, 1.82) is 0 Å². The lowest BCUT2D eigenvalue weighted by atomic mass is 10.0. The lowest BCUT2D eigenvalue weighted by molar-refractivity contribution is -0.145. The van der Waals surface area contributed by atoms with Crippen molar-refractivity contribution in [3.63, 3.8) is 0 Å². The van der Waals surface area contributed by atoms with Crippen molar-refractivity contribution >= 4 is 35.7 Å². The number of esters is 1. The van der Waals surface area contributed by atoms with E-state index in [-0.39, 0.29) is 19.6 Å². The molecule has 0 aliphatic carbocycles. The number of hydrogen-bond acceptors (Lipinski definition) is 9. The fraction of sp³-hybridized carbons (Fsp3) is 0.600. The van der Waals surface area contributed by atoms with Crippen LogP contribution in [-0.2, 0) is 39.8 Å². The highest BCUT2D eigenvalue weighted by atomic mass is 16.6. The highest BCUT2D eigenvalue weighted by molar-refractivity contribution is 5.99. The number of aryl methyl sites for hydroxylation is 1. The van der Waals surface area contributed by atoms with Crippen molar-refractivity contribution in [2.24, 2.45) is 0 Å². The fourth-order valence-electron chi connectivity index (χ4n) is 6.53. The second-order valence-corrected chi connectivity index (χ2v) is 16.2. The first-order valence-corrected chi connectivity index (χ1v) is 21.2. The van der Waals surface area contributed by atoms with E-state index in [1.165, 1.54) is 19.6 Å². The highest BCUT2D eigenvalue weighted by Crippen LogP contribution is 2.21. The summed E-state index contributed by atoms with van der Waals surface area (Å²) in [6.45, 7) is 9.45. The molecule has 1 heterocycles. The number of rotatable bonds is 14. The van der Waals surface area contributed by atoms with Gasteiger partial charge >= 0.3 is 12.1 Å². The number of alkyl carbamates (subject to hydrolysis) is 1. The molecule has 5 N–H and O–H groups in total. The standard InChI is InChI=1S/C45H67N5O9/c1-7-8-17-32-20-22-33(23-21-32)34-24-26-35(27-25-34)40(52)48-36(18-14-15-28-46-44(56)59-45(3,4)5)41(53)50-38-30-58-29-16-12-10-9-11-13-19-37(43(55)57-6)49-39(51)31(2)47-42(38)54/h20-27,31,36-38H,7-19,28-30H2,1-6H3,(H,46,56)(H,47,54)(H,48,52)(H,49,51)(H,50,53)/t31-,36-,37-,38-/m0/s1. The summed E-state index contributed by atoms with van der Waals surface area (Å²) in [5, 5.41) is 13.6. The number of unbranched alkanes of at least 4 members (excludes halogenated alkanes) is 2. The second-order valence-electron chi connectivity index (χ2n) is 16.2.